The highest BCUT2D eigenvalue weighted by Gasteiger charge is 2.21. The van der Waals surface area contributed by atoms with E-state index >= 15 is 0 Å². The molecule has 1 aromatic rings. The third kappa shape index (κ3) is 2.35. The molecule has 1 aliphatic rings. The van der Waals surface area contributed by atoms with Gasteiger partial charge >= 0.3 is 6.03 Å². The van der Waals surface area contributed by atoms with Crippen LogP contribution < -0.4 is 5.32 Å². The van der Waals surface area contributed by atoms with E-state index in [2.05, 4.69) is 24.4 Å². The molecule has 0 bridgehead atoms. The molecule has 2 amide bonds. The SMILES string of the molecule is CCCCNC(=O)N1Cc2ccccc2C1. The number of hydrogen-bond acceptors (Lipinski definition) is 1. The molecule has 0 aliphatic carbocycles. The topological polar surface area (TPSA) is 32.3 Å². The van der Waals surface area contributed by atoms with Gasteiger partial charge in [-0.05, 0) is 17.5 Å². The molecule has 0 saturated carbocycles. The fourth-order valence-electron chi connectivity index (χ4n) is 1.96. The minimum atomic E-state index is 0.0599. The number of nitrogens with one attached hydrogen (secondary N) is 1. The summed E-state index contributed by atoms with van der Waals surface area (Å²) in [6, 6.07) is 8.29. The molecule has 2 rings (SSSR count). The van der Waals surface area contributed by atoms with Crippen LogP contribution in [0.3, 0.4) is 0 Å². The molecule has 1 N–H and O–H groups in total. The van der Waals surface area contributed by atoms with Crippen LogP contribution in [-0.4, -0.2) is 17.5 Å². The van der Waals surface area contributed by atoms with E-state index in [9.17, 15) is 4.79 Å². The van der Waals surface area contributed by atoms with Crippen LogP contribution in [0.4, 0.5) is 4.79 Å². The Morgan fingerprint density at radius 1 is 1.31 bits per heavy atom. The van der Waals surface area contributed by atoms with E-state index in [1.807, 2.05) is 17.0 Å². The first-order valence-electron chi connectivity index (χ1n) is 5.91. The molecule has 1 heterocycles. The first-order valence-corrected chi connectivity index (χ1v) is 5.91. The molecule has 86 valence electrons. The second-order valence-corrected chi connectivity index (χ2v) is 4.21. The number of nitrogens with zero attached hydrogens (tertiary/aromatic N) is 1. The van der Waals surface area contributed by atoms with E-state index in [1.54, 1.807) is 0 Å². The number of fused-ring (bicyclic) bond motifs is 1. The zero-order valence-corrected chi connectivity index (χ0v) is 9.70. The van der Waals surface area contributed by atoms with Crippen molar-refractivity contribution in [1.29, 1.82) is 0 Å². The van der Waals surface area contributed by atoms with Crippen LogP contribution in [0, 0.1) is 0 Å². The molecule has 0 saturated heterocycles. The molecule has 1 aliphatic heterocycles. The molecule has 3 nitrogen and oxygen atoms in total. The Labute approximate surface area is 96.5 Å². The second-order valence-electron chi connectivity index (χ2n) is 4.21. The molecule has 0 aromatic heterocycles. The maximum absolute atomic E-state index is 11.8. The Hall–Kier alpha value is -1.51. The van der Waals surface area contributed by atoms with Crippen LogP contribution in [0.2, 0.25) is 0 Å². The van der Waals surface area contributed by atoms with Crippen molar-refractivity contribution < 1.29 is 4.79 Å². The Kier molecular flexibility index (Phi) is 3.44. The largest absolute Gasteiger partial charge is 0.338 e. The van der Waals surface area contributed by atoms with Gasteiger partial charge in [-0.25, -0.2) is 4.79 Å². The average molecular weight is 218 g/mol. The van der Waals surface area contributed by atoms with E-state index in [0.717, 1.165) is 32.5 Å². The van der Waals surface area contributed by atoms with Crippen LogP contribution in [0.15, 0.2) is 24.3 Å². The average Bonchev–Trinajstić information content (AvgIpc) is 2.73. The third-order valence-corrected chi connectivity index (χ3v) is 2.93. The predicted octanol–water partition coefficient (Wildman–Crippen LogP) is 2.51. The summed E-state index contributed by atoms with van der Waals surface area (Å²) < 4.78 is 0. The van der Waals surface area contributed by atoms with E-state index in [0.29, 0.717) is 0 Å². The molecule has 0 radical (unpaired) electrons. The molecule has 1 aromatic carbocycles. The monoisotopic (exact) mass is 218 g/mol. The first-order chi connectivity index (χ1) is 7.81. The van der Waals surface area contributed by atoms with Crippen molar-refractivity contribution >= 4 is 6.03 Å². The van der Waals surface area contributed by atoms with Crippen LogP contribution >= 0.6 is 0 Å². The highest BCUT2D eigenvalue weighted by atomic mass is 16.2. The standard InChI is InChI=1S/C13H18N2O/c1-2-3-8-14-13(16)15-9-11-6-4-5-7-12(11)10-15/h4-7H,2-3,8-10H2,1H3,(H,14,16). The lowest BCUT2D eigenvalue weighted by molar-refractivity contribution is 0.198. The number of unbranched alkanes of at least 4 members (excludes halogenated alkanes) is 1. The van der Waals surface area contributed by atoms with Gasteiger partial charge in [-0.1, -0.05) is 37.6 Å². The predicted molar refractivity (Wildman–Crippen MR) is 64.0 cm³/mol. The Morgan fingerprint density at radius 3 is 2.50 bits per heavy atom. The molecule has 0 spiro atoms. The summed E-state index contributed by atoms with van der Waals surface area (Å²) in [4.78, 5) is 13.7. The van der Waals surface area contributed by atoms with Crippen LogP contribution in [0.1, 0.15) is 30.9 Å². The summed E-state index contributed by atoms with van der Waals surface area (Å²) in [5.74, 6) is 0. The van der Waals surface area contributed by atoms with Gasteiger partial charge in [0.15, 0.2) is 0 Å². The zero-order valence-electron chi connectivity index (χ0n) is 9.70. The lowest BCUT2D eigenvalue weighted by Gasteiger charge is -2.16. The number of carbonyl (C=O) groups excluding carboxylic acids is 1. The lowest BCUT2D eigenvalue weighted by atomic mass is 10.1. The lowest BCUT2D eigenvalue weighted by Crippen LogP contribution is -2.36. The van der Waals surface area contributed by atoms with Crippen molar-refractivity contribution in [2.75, 3.05) is 6.54 Å². The smallest absolute Gasteiger partial charge is 0.318 e. The van der Waals surface area contributed by atoms with Gasteiger partial charge in [0, 0.05) is 19.6 Å². The van der Waals surface area contributed by atoms with Crippen molar-refractivity contribution in [3.8, 4) is 0 Å². The van der Waals surface area contributed by atoms with Gasteiger partial charge < -0.3 is 10.2 Å². The van der Waals surface area contributed by atoms with Crippen molar-refractivity contribution in [1.82, 2.24) is 10.2 Å². The highest BCUT2D eigenvalue weighted by Crippen LogP contribution is 2.21. The Morgan fingerprint density at radius 2 is 1.94 bits per heavy atom. The minimum Gasteiger partial charge on any atom is -0.338 e. The maximum atomic E-state index is 11.8. The number of amides is 2. The molecule has 0 fully saturated rings. The fourth-order valence-corrected chi connectivity index (χ4v) is 1.96. The van der Waals surface area contributed by atoms with Crippen LogP contribution in [-0.2, 0) is 13.1 Å². The summed E-state index contributed by atoms with van der Waals surface area (Å²) in [5, 5.41) is 2.95. The molecule has 0 atom stereocenters. The van der Waals surface area contributed by atoms with Crippen molar-refractivity contribution in [2.24, 2.45) is 0 Å². The van der Waals surface area contributed by atoms with Gasteiger partial charge in [-0.3, -0.25) is 0 Å². The molecule has 16 heavy (non-hydrogen) atoms. The minimum absolute atomic E-state index is 0.0599. The fraction of sp³-hybridized carbons (Fsp3) is 0.462. The highest BCUT2D eigenvalue weighted by molar-refractivity contribution is 5.75. The summed E-state index contributed by atoms with van der Waals surface area (Å²) in [6.07, 6.45) is 2.16. The number of benzene rings is 1. The van der Waals surface area contributed by atoms with Crippen LogP contribution in [0.25, 0.3) is 0 Å². The number of carbonyl (C=O) groups is 1. The summed E-state index contributed by atoms with van der Waals surface area (Å²) >= 11 is 0. The van der Waals surface area contributed by atoms with Gasteiger partial charge in [-0.15, -0.1) is 0 Å². The van der Waals surface area contributed by atoms with Crippen molar-refractivity contribution in [2.45, 2.75) is 32.9 Å². The van der Waals surface area contributed by atoms with Crippen LogP contribution in [0.5, 0.6) is 0 Å². The maximum Gasteiger partial charge on any atom is 0.318 e. The molecule has 0 unspecified atom stereocenters. The van der Waals surface area contributed by atoms with Crippen molar-refractivity contribution in [3.63, 3.8) is 0 Å². The Bertz CT molecular complexity index is 351. The summed E-state index contributed by atoms with van der Waals surface area (Å²) in [5.41, 5.74) is 2.54. The Balaban J connectivity index is 1.88. The van der Waals surface area contributed by atoms with Gasteiger partial charge in [0.05, 0.1) is 0 Å². The zero-order chi connectivity index (χ0) is 11.4. The van der Waals surface area contributed by atoms with Gasteiger partial charge in [0.25, 0.3) is 0 Å². The van der Waals surface area contributed by atoms with Gasteiger partial charge in [0.2, 0.25) is 0 Å². The number of rotatable bonds is 3. The van der Waals surface area contributed by atoms with E-state index < -0.39 is 0 Å². The van der Waals surface area contributed by atoms with Crippen molar-refractivity contribution in [3.05, 3.63) is 35.4 Å². The normalized spacial score (nSPS) is 13.7. The van der Waals surface area contributed by atoms with E-state index in [4.69, 9.17) is 0 Å². The van der Waals surface area contributed by atoms with E-state index in [1.165, 1.54) is 11.1 Å². The van der Waals surface area contributed by atoms with Gasteiger partial charge in [-0.2, -0.15) is 0 Å². The summed E-state index contributed by atoms with van der Waals surface area (Å²) in [6.45, 7) is 4.39. The number of urea groups is 1. The second kappa shape index (κ2) is 5.01. The molecular formula is C13H18N2O. The number of hydrogen-bond donors (Lipinski definition) is 1. The van der Waals surface area contributed by atoms with Gasteiger partial charge in [0.1, 0.15) is 0 Å². The van der Waals surface area contributed by atoms with E-state index in [-0.39, 0.29) is 6.03 Å². The summed E-state index contributed by atoms with van der Waals surface area (Å²) in [7, 11) is 0. The third-order valence-electron chi connectivity index (χ3n) is 2.93. The quantitative estimate of drug-likeness (QED) is 0.777. The molecular weight excluding hydrogens is 200 g/mol. The first kappa shape index (κ1) is 11.0. The molecule has 3 heteroatoms.